The monoisotopic (exact) mass is 271 g/mol. The Morgan fingerprint density at radius 1 is 1.30 bits per heavy atom. The number of rotatable bonds is 6. The number of nitrogens with one attached hydrogen (secondary N) is 1. The van der Waals surface area contributed by atoms with Crippen LogP contribution in [0.15, 0.2) is 48.6 Å². The summed E-state index contributed by atoms with van der Waals surface area (Å²) >= 11 is 0. The molecular weight excluding hydrogens is 250 g/mol. The second kappa shape index (κ2) is 7.65. The molecule has 2 atom stereocenters. The number of aliphatic hydroxyl groups excluding tert-OH is 1. The van der Waals surface area contributed by atoms with E-state index in [1.165, 1.54) is 0 Å². The highest BCUT2D eigenvalue weighted by Gasteiger charge is 2.19. The van der Waals surface area contributed by atoms with Gasteiger partial charge in [0.2, 0.25) is 5.91 Å². The van der Waals surface area contributed by atoms with Gasteiger partial charge in [-0.2, -0.15) is 0 Å². The Hall–Kier alpha value is -1.87. The first-order valence-electron chi connectivity index (χ1n) is 7.08. The van der Waals surface area contributed by atoms with E-state index in [9.17, 15) is 4.79 Å². The van der Waals surface area contributed by atoms with Crippen molar-refractivity contribution in [2.24, 2.45) is 5.92 Å². The van der Waals surface area contributed by atoms with Gasteiger partial charge in [-0.25, -0.2) is 0 Å². The predicted octanol–water partition coefficient (Wildman–Crippen LogP) is 2.53. The zero-order valence-electron chi connectivity index (χ0n) is 11.5. The highest BCUT2D eigenvalue weighted by atomic mass is 16.3. The van der Waals surface area contributed by atoms with Crippen molar-refractivity contribution in [1.82, 2.24) is 5.32 Å². The van der Waals surface area contributed by atoms with Gasteiger partial charge in [-0.05, 0) is 18.4 Å². The number of carbonyl (C=O) groups excluding carboxylic acids is 1. The van der Waals surface area contributed by atoms with Gasteiger partial charge >= 0.3 is 0 Å². The third-order valence-electron chi connectivity index (χ3n) is 3.40. The van der Waals surface area contributed by atoms with Gasteiger partial charge in [0.15, 0.2) is 0 Å². The van der Waals surface area contributed by atoms with Gasteiger partial charge < -0.3 is 10.4 Å². The van der Waals surface area contributed by atoms with Crippen molar-refractivity contribution in [3.05, 3.63) is 54.1 Å². The lowest BCUT2D eigenvalue weighted by Gasteiger charge is -2.12. The van der Waals surface area contributed by atoms with Gasteiger partial charge in [0, 0.05) is 25.0 Å². The minimum absolute atomic E-state index is 0.0657. The molecule has 1 aromatic rings. The van der Waals surface area contributed by atoms with Crippen LogP contribution in [0.3, 0.4) is 0 Å². The lowest BCUT2D eigenvalue weighted by Crippen LogP contribution is -2.32. The minimum atomic E-state index is 0.0657. The molecule has 106 valence electrons. The quantitative estimate of drug-likeness (QED) is 0.781. The maximum absolute atomic E-state index is 11.8. The lowest BCUT2D eigenvalue weighted by atomic mass is 10.1. The van der Waals surface area contributed by atoms with E-state index < -0.39 is 0 Å². The molecule has 0 saturated carbocycles. The van der Waals surface area contributed by atoms with Crippen LogP contribution in [0.5, 0.6) is 0 Å². The highest BCUT2D eigenvalue weighted by molar-refractivity contribution is 5.76. The molecule has 0 saturated heterocycles. The van der Waals surface area contributed by atoms with Gasteiger partial charge in [0.25, 0.3) is 0 Å². The number of aliphatic hydroxyl groups is 1. The Bertz CT molecular complexity index is 479. The maximum Gasteiger partial charge on any atom is 0.220 e. The van der Waals surface area contributed by atoms with Crippen molar-refractivity contribution in [3.63, 3.8) is 0 Å². The molecule has 1 aliphatic carbocycles. The summed E-state index contributed by atoms with van der Waals surface area (Å²) in [6, 6.07) is 10.1. The van der Waals surface area contributed by atoms with Crippen LogP contribution in [0.25, 0.3) is 6.08 Å². The molecular formula is C17H21NO2. The Morgan fingerprint density at radius 3 is 2.80 bits per heavy atom. The Labute approximate surface area is 120 Å². The fourth-order valence-corrected chi connectivity index (χ4v) is 2.29. The SMILES string of the molecule is O=C(CCC=Cc1ccccc1)N[C@@H]1C=C[C@H](CO)C1. The zero-order valence-corrected chi connectivity index (χ0v) is 11.5. The molecule has 0 spiro atoms. The third kappa shape index (κ3) is 4.67. The number of benzene rings is 1. The summed E-state index contributed by atoms with van der Waals surface area (Å²) in [6.07, 6.45) is 10.0. The predicted molar refractivity (Wildman–Crippen MR) is 81.0 cm³/mol. The van der Waals surface area contributed by atoms with E-state index >= 15 is 0 Å². The van der Waals surface area contributed by atoms with E-state index in [4.69, 9.17) is 5.11 Å². The molecule has 0 bridgehead atoms. The summed E-state index contributed by atoms with van der Waals surface area (Å²) in [6.45, 7) is 0.155. The van der Waals surface area contributed by atoms with Crippen LogP contribution < -0.4 is 5.32 Å². The molecule has 1 aliphatic rings. The van der Waals surface area contributed by atoms with Crippen LogP contribution in [0.1, 0.15) is 24.8 Å². The van der Waals surface area contributed by atoms with Crippen molar-refractivity contribution in [3.8, 4) is 0 Å². The third-order valence-corrected chi connectivity index (χ3v) is 3.40. The molecule has 2 N–H and O–H groups in total. The van der Waals surface area contributed by atoms with Crippen LogP contribution in [0.2, 0.25) is 0 Å². The van der Waals surface area contributed by atoms with E-state index in [1.807, 2.05) is 54.6 Å². The van der Waals surface area contributed by atoms with Crippen molar-refractivity contribution in [2.45, 2.75) is 25.3 Å². The number of hydrogen-bond donors (Lipinski definition) is 2. The van der Waals surface area contributed by atoms with Crippen LogP contribution in [-0.2, 0) is 4.79 Å². The van der Waals surface area contributed by atoms with Crippen molar-refractivity contribution in [2.75, 3.05) is 6.61 Å². The maximum atomic E-state index is 11.8. The number of amides is 1. The molecule has 0 aliphatic heterocycles. The van der Waals surface area contributed by atoms with E-state index in [0.29, 0.717) is 6.42 Å². The number of carbonyl (C=O) groups is 1. The Balaban J connectivity index is 1.66. The van der Waals surface area contributed by atoms with E-state index in [0.717, 1.165) is 18.4 Å². The molecule has 0 unspecified atom stereocenters. The summed E-state index contributed by atoms with van der Waals surface area (Å²) < 4.78 is 0. The second-order valence-corrected chi connectivity index (χ2v) is 5.09. The summed E-state index contributed by atoms with van der Waals surface area (Å²) in [5, 5.41) is 12.0. The van der Waals surface area contributed by atoms with Crippen molar-refractivity contribution < 1.29 is 9.90 Å². The average Bonchev–Trinajstić information content (AvgIpc) is 2.92. The fourth-order valence-electron chi connectivity index (χ4n) is 2.29. The first kappa shape index (κ1) is 14.5. The van der Waals surface area contributed by atoms with Gasteiger partial charge in [-0.3, -0.25) is 4.79 Å². The normalized spacial score (nSPS) is 21.4. The van der Waals surface area contributed by atoms with Crippen molar-refractivity contribution in [1.29, 1.82) is 0 Å². The molecule has 3 nitrogen and oxygen atoms in total. The summed E-state index contributed by atoms with van der Waals surface area (Å²) in [5.74, 6) is 0.259. The topological polar surface area (TPSA) is 49.3 Å². The molecule has 3 heteroatoms. The zero-order chi connectivity index (χ0) is 14.2. The Kier molecular flexibility index (Phi) is 5.56. The minimum Gasteiger partial charge on any atom is -0.396 e. The van der Waals surface area contributed by atoms with E-state index in [1.54, 1.807) is 0 Å². The molecule has 0 heterocycles. The fraction of sp³-hybridized carbons (Fsp3) is 0.353. The molecule has 1 amide bonds. The standard InChI is InChI=1S/C17H21NO2/c19-13-15-10-11-16(12-15)18-17(20)9-5-4-8-14-6-2-1-3-7-14/h1-4,6-8,10-11,15-16,19H,5,9,12-13H2,(H,18,20)/t15-,16+/m0/s1. The molecule has 0 radical (unpaired) electrons. The molecule has 2 rings (SSSR count). The largest absolute Gasteiger partial charge is 0.396 e. The van der Waals surface area contributed by atoms with E-state index in [2.05, 4.69) is 5.32 Å². The summed E-state index contributed by atoms with van der Waals surface area (Å²) in [7, 11) is 0. The number of allylic oxidation sites excluding steroid dienone is 1. The van der Waals surface area contributed by atoms with Gasteiger partial charge in [0.05, 0.1) is 0 Å². The van der Waals surface area contributed by atoms with Gasteiger partial charge in [-0.15, -0.1) is 0 Å². The van der Waals surface area contributed by atoms with E-state index in [-0.39, 0.29) is 24.5 Å². The summed E-state index contributed by atoms with van der Waals surface area (Å²) in [5.41, 5.74) is 1.15. The first-order chi connectivity index (χ1) is 9.78. The lowest BCUT2D eigenvalue weighted by molar-refractivity contribution is -0.121. The first-order valence-corrected chi connectivity index (χ1v) is 7.08. The number of hydrogen-bond acceptors (Lipinski definition) is 2. The van der Waals surface area contributed by atoms with Crippen LogP contribution in [0.4, 0.5) is 0 Å². The van der Waals surface area contributed by atoms with Crippen molar-refractivity contribution >= 4 is 12.0 Å². The van der Waals surface area contributed by atoms with Gasteiger partial charge in [-0.1, -0.05) is 54.6 Å². The second-order valence-electron chi connectivity index (χ2n) is 5.09. The van der Waals surface area contributed by atoms with Gasteiger partial charge in [0.1, 0.15) is 0 Å². The van der Waals surface area contributed by atoms with Crippen LogP contribution in [0, 0.1) is 5.92 Å². The molecule has 20 heavy (non-hydrogen) atoms. The molecule has 0 fully saturated rings. The van der Waals surface area contributed by atoms with Crippen LogP contribution >= 0.6 is 0 Å². The molecule has 0 aromatic heterocycles. The summed E-state index contributed by atoms with van der Waals surface area (Å²) in [4.78, 5) is 11.8. The highest BCUT2D eigenvalue weighted by Crippen LogP contribution is 2.17. The smallest absolute Gasteiger partial charge is 0.220 e. The Morgan fingerprint density at radius 2 is 2.10 bits per heavy atom. The molecule has 1 aromatic carbocycles. The average molecular weight is 271 g/mol. The van der Waals surface area contributed by atoms with Crippen LogP contribution in [-0.4, -0.2) is 23.7 Å².